The molecule has 1 saturated carbocycles. The van der Waals surface area contributed by atoms with Gasteiger partial charge in [0, 0.05) is 17.3 Å². The molecular weight excluding hydrogens is 454 g/mol. The number of hydrogen-bond donors (Lipinski definition) is 3. The van der Waals surface area contributed by atoms with Gasteiger partial charge in [0.2, 0.25) is 0 Å². The average Bonchev–Trinajstić information content (AvgIpc) is 3.56. The Balaban J connectivity index is 1.19. The molecule has 5 rings (SSSR count). The second-order valence-corrected chi connectivity index (χ2v) is 9.30. The Morgan fingerprint density at radius 2 is 1.71 bits per heavy atom. The van der Waals surface area contributed by atoms with Crippen LogP contribution in [-0.2, 0) is 9.53 Å². The largest absolute Gasteiger partial charge is 0.481 e. The molecule has 1 heterocycles. The van der Waals surface area contributed by atoms with Crippen LogP contribution in [0.3, 0.4) is 0 Å². The van der Waals surface area contributed by atoms with Crippen LogP contribution in [0.4, 0.5) is 9.93 Å². The van der Waals surface area contributed by atoms with Crippen molar-refractivity contribution in [1.82, 2.24) is 10.3 Å². The summed E-state index contributed by atoms with van der Waals surface area (Å²) in [5, 5.41) is 16.4. The summed E-state index contributed by atoms with van der Waals surface area (Å²) < 4.78 is 5.51. The van der Waals surface area contributed by atoms with Gasteiger partial charge in [0.05, 0.1) is 5.92 Å². The summed E-state index contributed by atoms with van der Waals surface area (Å²) in [4.78, 5) is 40.4. The number of ether oxygens (including phenoxy) is 1. The van der Waals surface area contributed by atoms with Crippen LogP contribution >= 0.6 is 11.3 Å². The highest BCUT2D eigenvalue weighted by Crippen LogP contribution is 2.44. The maximum Gasteiger partial charge on any atom is 0.413 e. The highest BCUT2D eigenvalue weighted by molar-refractivity contribution is 7.14. The average molecular weight is 478 g/mol. The maximum atomic E-state index is 12.5. The van der Waals surface area contributed by atoms with Gasteiger partial charge in [-0.05, 0) is 35.1 Å². The standard InChI is InChI=1S/C25H23N3O5S/c29-22(26-20-11-5-10-18(20)23(30)31)21-13-34-24(27-21)28-25(32)33-12-19-16-8-3-1-6-14(16)15-7-2-4-9-17(15)19/h1-4,6-9,13,18-20H,5,10-12H2,(H,26,29)(H,30,31)(H,27,28,32)/t18-,20+/m1/s1. The van der Waals surface area contributed by atoms with Gasteiger partial charge in [-0.1, -0.05) is 55.0 Å². The van der Waals surface area contributed by atoms with Gasteiger partial charge >= 0.3 is 12.1 Å². The summed E-state index contributed by atoms with van der Waals surface area (Å²) in [6, 6.07) is 15.8. The van der Waals surface area contributed by atoms with Crippen molar-refractivity contribution in [2.75, 3.05) is 11.9 Å². The second-order valence-electron chi connectivity index (χ2n) is 8.44. The van der Waals surface area contributed by atoms with Gasteiger partial charge in [0.25, 0.3) is 5.91 Å². The first kappa shape index (κ1) is 22.1. The fraction of sp³-hybridized carbons (Fsp3) is 0.280. The predicted molar refractivity (Wildman–Crippen MR) is 127 cm³/mol. The van der Waals surface area contributed by atoms with Gasteiger partial charge in [-0.3, -0.25) is 14.9 Å². The van der Waals surface area contributed by atoms with Crippen molar-refractivity contribution in [1.29, 1.82) is 0 Å². The van der Waals surface area contributed by atoms with Crippen molar-refractivity contribution in [2.24, 2.45) is 5.92 Å². The highest BCUT2D eigenvalue weighted by atomic mass is 32.1. The first-order chi connectivity index (χ1) is 16.5. The van der Waals surface area contributed by atoms with Crippen molar-refractivity contribution in [3.8, 4) is 11.1 Å². The molecule has 0 spiro atoms. The number of amides is 2. The third-order valence-corrected chi connectivity index (χ3v) is 7.20. The molecule has 0 bridgehead atoms. The number of carboxylic acid groups (broad SMARTS) is 1. The number of carboxylic acids is 1. The number of carbonyl (C=O) groups excluding carboxylic acids is 2. The van der Waals surface area contributed by atoms with Gasteiger partial charge in [0.15, 0.2) is 5.13 Å². The first-order valence-corrected chi connectivity index (χ1v) is 12.0. The van der Waals surface area contributed by atoms with E-state index in [-0.39, 0.29) is 23.4 Å². The minimum atomic E-state index is -0.904. The Bertz CT molecular complexity index is 1210. The van der Waals surface area contributed by atoms with Crippen molar-refractivity contribution >= 4 is 34.4 Å². The second kappa shape index (κ2) is 9.26. The topological polar surface area (TPSA) is 118 Å². The molecule has 9 heteroatoms. The van der Waals surface area contributed by atoms with Crippen molar-refractivity contribution in [3.63, 3.8) is 0 Å². The molecule has 3 aromatic rings. The van der Waals surface area contributed by atoms with Crippen LogP contribution in [0.1, 0.15) is 46.8 Å². The molecule has 8 nitrogen and oxygen atoms in total. The highest BCUT2D eigenvalue weighted by Gasteiger charge is 2.34. The molecule has 2 aliphatic rings. The molecule has 3 N–H and O–H groups in total. The van der Waals surface area contributed by atoms with Gasteiger partial charge in [0.1, 0.15) is 12.3 Å². The van der Waals surface area contributed by atoms with Gasteiger partial charge in [-0.2, -0.15) is 0 Å². The maximum absolute atomic E-state index is 12.5. The van der Waals surface area contributed by atoms with Gasteiger partial charge < -0.3 is 15.2 Å². The number of nitrogens with zero attached hydrogens (tertiary/aromatic N) is 1. The van der Waals surface area contributed by atoms with Crippen LogP contribution in [0.5, 0.6) is 0 Å². The van der Waals surface area contributed by atoms with Crippen LogP contribution in [0.2, 0.25) is 0 Å². The molecule has 2 aliphatic carbocycles. The normalized spacial score (nSPS) is 18.7. The molecule has 1 aromatic heterocycles. The molecule has 0 radical (unpaired) electrons. The Kier molecular flexibility index (Phi) is 6.02. The number of thiazole rings is 1. The minimum Gasteiger partial charge on any atom is -0.481 e. The van der Waals surface area contributed by atoms with E-state index < -0.39 is 29.9 Å². The molecule has 2 atom stereocenters. The summed E-state index contributed by atoms with van der Waals surface area (Å²) in [6.07, 6.45) is 1.28. The van der Waals surface area contributed by atoms with E-state index in [1.807, 2.05) is 36.4 Å². The smallest absolute Gasteiger partial charge is 0.413 e. The summed E-state index contributed by atoms with van der Waals surface area (Å²) in [6.45, 7) is 0.177. The van der Waals surface area contributed by atoms with Gasteiger partial charge in [-0.15, -0.1) is 11.3 Å². The summed E-state index contributed by atoms with van der Waals surface area (Å²) in [5.41, 5.74) is 4.67. The van der Waals surface area contributed by atoms with E-state index in [4.69, 9.17) is 4.74 Å². The summed E-state index contributed by atoms with van der Waals surface area (Å²) >= 11 is 1.11. The number of rotatable bonds is 6. The van der Waals surface area contributed by atoms with Crippen LogP contribution < -0.4 is 10.6 Å². The van der Waals surface area contributed by atoms with E-state index in [0.717, 1.165) is 40.0 Å². The number of anilines is 1. The van der Waals surface area contributed by atoms with Crippen LogP contribution in [0.25, 0.3) is 11.1 Å². The quantitative estimate of drug-likeness (QED) is 0.482. The van der Waals surface area contributed by atoms with E-state index in [9.17, 15) is 19.5 Å². The SMILES string of the molecule is O=C(Nc1nc(C(=O)N[C@H]2CCC[C@H]2C(=O)O)cs1)OCC1c2ccccc2-c2ccccc21. The number of aromatic nitrogens is 1. The predicted octanol–water partition coefficient (Wildman–Crippen LogP) is 4.49. The number of fused-ring (bicyclic) bond motifs is 3. The number of aliphatic carboxylic acids is 1. The van der Waals surface area contributed by atoms with Crippen molar-refractivity contribution in [2.45, 2.75) is 31.2 Å². The molecule has 34 heavy (non-hydrogen) atoms. The van der Waals surface area contributed by atoms with Crippen LogP contribution in [-0.4, -0.2) is 40.7 Å². The molecular formula is C25H23N3O5S. The minimum absolute atomic E-state index is 0.0515. The summed E-state index contributed by atoms with van der Waals surface area (Å²) in [5.74, 6) is -1.99. The van der Waals surface area contributed by atoms with Crippen LogP contribution in [0.15, 0.2) is 53.9 Å². The fourth-order valence-electron chi connectivity index (χ4n) is 4.83. The van der Waals surface area contributed by atoms with E-state index in [2.05, 4.69) is 27.8 Å². The number of benzene rings is 2. The third kappa shape index (κ3) is 4.26. The van der Waals surface area contributed by atoms with Crippen LogP contribution in [0, 0.1) is 5.92 Å². The van der Waals surface area contributed by atoms with E-state index in [1.165, 1.54) is 5.38 Å². The lowest BCUT2D eigenvalue weighted by Crippen LogP contribution is -2.40. The molecule has 0 saturated heterocycles. The lowest BCUT2D eigenvalue weighted by molar-refractivity contribution is -0.142. The number of hydrogen-bond acceptors (Lipinski definition) is 6. The number of nitrogens with one attached hydrogen (secondary N) is 2. The molecule has 2 amide bonds. The zero-order valence-corrected chi connectivity index (χ0v) is 19.0. The lowest BCUT2D eigenvalue weighted by atomic mass is 9.98. The van der Waals surface area contributed by atoms with Gasteiger partial charge in [-0.25, -0.2) is 9.78 Å². The zero-order chi connectivity index (χ0) is 23.7. The van der Waals surface area contributed by atoms with E-state index >= 15 is 0 Å². The molecule has 2 aromatic carbocycles. The Morgan fingerprint density at radius 1 is 1.03 bits per heavy atom. The monoisotopic (exact) mass is 477 g/mol. The summed E-state index contributed by atoms with van der Waals surface area (Å²) in [7, 11) is 0. The Labute approximate surface area is 200 Å². The molecule has 174 valence electrons. The van der Waals surface area contributed by atoms with E-state index in [0.29, 0.717) is 12.8 Å². The zero-order valence-electron chi connectivity index (χ0n) is 18.2. The number of carbonyl (C=O) groups is 3. The van der Waals surface area contributed by atoms with Crippen molar-refractivity contribution in [3.05, 3.63) is 70.7 Å². The third-order valence-electron chi connectivity index (χ3n) is 6.44. The Morgan fingerprint density at radius 3 is 2.38 bits per heavy atom. The molecule has 0 aliphatic heterocycles. The molecule has 1 fully saturated rings. The van der Waals surface area contributed by atoms with E-state index in [1.54, 1.807) is 0 Å². The first-order valence-electron chi connectivity index (χ1n) is 11.1. The fourth-order valence-corrected chi connectivity index (χ4v) is 5.50. The van der Waals surface area contributed by atoms with Crippen molar-refractivity contribution < 1.29 is 24.2 Å². The Hall–Kier alpha value is -3.72. The molecule has 0 unspecified atom stereocenters. The lowest BCUT2D eigenvalue weighted by Gasteiger charge is -2.16.